The van der Waals surface area contributed by atoms with Gasteiger partial charge in [0, 0.05) is 11.1 Å². The Kier molecular flexibility index (Phi) is 16.6. The molecule has 0 fully saturated rings. The molecule has 2 rings (SSSR count). The molecule has 2 unspecified atom stereocenters. The Bertz CT molecular complexity index is 1710. The third kappa shape index (κ3) is 14.0. The van der Waals surface area contributed by atoms with Gasteiger partial charge in [0.1, 0.15) is 24.7 Å². The zero-order chi connectivity index (χ0) is 44.2. The van der Waals surface area contributed by atoms with Gasteiger partial charge in [-0.3, -0.25) is 9.59 Å². The number of phenols is 2. The van der Waals surface area contributed by atoms with Crippen LogP contribution in [0.4, 0.5) is 0 Å². The highest BCUT2D eigenvalue weighted by Crippen LogP contribution is 2.44. The van der Waals surface area contributed by atoms with Gasteiger partial charge in [-0.2, -0.15) is 0 Å². The standard InChI is InChI=1S/C48H78O8S/c1-29(2)19-35(23-41(49)55-25-37-31(5)21-39(43(51)33(37)7)47(15,16)27-45(9,10)11)57(53,54)36(20-30(3)4)24-42(50)56-26-38-32(6)22-40(44(52)34(38)8)48(17,18)28-46(12,13)14/h21-22,29-30,35-36,51-52H,19-20,23-28H2,1-18H3. The summed E-state index contributed by atoms with van der Waals surface area (Å²) in [6.45, 7) is 36.5. The summed E-state index contributed by atoms with van der Waals surface area (Å²) in [5.41, 5.74) is 5.65. The van der Waals surface area contributed by atoms with Crippen molar-refractivity contribution in [1.29, 1.82) is 0 Å². The number of aryl methyl sites for hydroxylation is 2. The number of hydrogen-bond acceptors (Lipinski definition) is 8. The summed E-state index contributed by atoms with van der Waals surface area (Å²) in [4.78, 5) is 26.9. The molecule has 0 aromatic heterocycles. The Morgan fingerprint density at radius 1 is 0.596 bits per heavy atom. The van der Waals surface area contributed by atoms with Gasteiger partial charge < -0.3 is 19.7 Å². The van der Waals surface area contributed by atoms with Crippen LogP contribution in [0.15, 0.2) is 12.1 Å². The van der Waals surface area contributed by atoms with Crippen LogP contribution >= 0.6 is 0 Å². The minimum Gasteiger partial charge on any atom is -0.507 e. The summed E-state index contributed by atoms with van der Waals surface area (Å²) >= 11 is 0. The van der Waals surface area contributed by atoms with E-state index in [0.717, 1.165) is 35.1 Å². The second-order valence-electron chi connectivity index (χ2n) is 21.5. The molecule has 0 saturated heterocycles. The second kappa shape index (κ2) is 18.9. The summed E-state index contributed by atoms with van der Waals surface area (Å²) in [7, 11) is -4.01. The quantitative estimate of drug-likeness (QED) is 0.142. The van der Waals surface area contributed by atoms with Crippen LogP contribution in [0.5, 0.6) is 11.5 Å². The van der Waals surface area contributed by atoms with E-state index in [-0.39, 0.29) is 83.9 Å². The van der Waals surface area contributed by atoms with Gasteiger partial charge in [0.15, 0.2) is 9.84 Å². The van der Waals surface area contributed by atoms with Crippen molar-refractivity contribution in [2.75, 3.05) is 0 Å². The van der Waals surface area contributed by atoms with Crippen molar-refractivity contribution in [3.63, 3.8) is 0 Å². The summed E-state index contributed by atoms with van der Waals surface area (Å²) in [6, 6.07) is 3.93. The number of hydrogen-bond donors (Lipinski definition) is 2. The molecule has 0 saturated carbocycles. The Hall–Kier alpha value is -3.07. The topological polar surface area (TPSA) is 127 Å². The molecule has 8 nitrogen and oxygen atoms in total. The van der Waals surface area contributed by atoms with Crippen LogP contribution in [0.3, 0.4) is 0 Å². The van der Waals surface area contributed by atoms with Gasteiger partial charge in [-0.1, -0.05) is 109 Å². The lowest BCUT2D eigenvalue weighted by Gasteiger charge is -2.34. The molecule has 9 heteroatoms. The number of rotatable bonds is 18. The normalized spacial score (nSPS) is 14.2. The highest BCUT2D eigenvalue weighted by molar-refractivity contribution is 7.92. The number of ether oxygens (including phenoxy) is 2. The number of aromatic hydroxyl groups is 2. The van der Waals surface area contributed by atoms with Gasteiger partial charge in [-0.25, -0.2) is 8.42 Å². The molecular formula is C48H78O8S. The lowest BCUT2D eigenvalue weighted by molar-refractivity contribution is -0.145. The Morgan fingerprint density at radius 3 is 1.16 bits per heavy atom. The van der Waals surface area contributed by atoms with Crippen LogP contribution in [0, 0.1) is 50.4 Å². The van der Waals surface area contributed by atoms with Gasteiger partial charge >= 0.3 is 11.9 Å². The second-order valence-corrected chi connectivity index (χ2v) is 24.0. The zero-order valence-corrected chi connectivity index (χ0v) is 39.7. The predicted molar refractivity (Wildman–Crippen MR) is 234 cm³/mol. The number of esters is 2. The summed E-state index contributed by atoms with van der Waals surface area (Å²) < 4.78 is 40.3. The number of phenolic OH excluding ortho intramolecular Hbond substituents is 2. The van der Waals surface area contributed by atoms with E-state index in [4.69, 9.17) is 9.47 Å². The predicted octanol–water partition coefficient (Wildman–Crippen LogP) is 11.6. The molecule has 0 bridgehead atoms. The fraction of sp³-hybridized carbons (Fsp3) is 0.708. The average molecular weight is 815 g/mol. The van der Waals surface area contributed by atoms with E-state index >= 15 is 0 Å². The molecule has 57 heavy (non-hydrogen) atoms. The van der Waals surface area contributed by atoms with Crippen molar-refractivity contribution in [2.45, 2.75) is 198 Å². The van der Waals surface area contributed by atoms with E-state index in [1.807, 2.05) is 67.5 Å². The first-order chi connectivity index (χ1) is 25.7. The van der Waals surface area contributed by atoms with E-state index < -0.39 is 32.3 Å². The maximum atomic E-state index is 14.4. The van der Waals surface area contributed by atoms with Crippen molar-refractivity contribution in [1.82, 2.24) is 0 Å². The molecule has 0 radical (unpaired) electrons. The van der Waals surface area contributed by atoms with Crippen LogP contribution < -0.4 is 0 Å². The molecule has 0 aliphatic heterocycles. The fourth-order valence-corrected chi connectivity index (χ4v) is 11.7. The van der Waals surface area contributed by atoms with Crippen molar-refractivity contribution >= 4 is 21.8 Å². The average Bonchev–Trinajstić information content (AvgIpc) is 3.00. The van der Waals surface area contributed by atoms with Crippen molar-refractivity contribution in [3.8, 4) is 11.5 Å². The fourth-order valence-electron chi connectivity index (χ4n) is 9.13. The zero-order valence-electron chi connectivity index (χ0n) is 38.9. The molecule has 0 aliphatic rings. The van der Waals surface area contributed by atoms with E-state index in [0.29, 0.717) is 22.3 Å². The SMILES string of the molecule is Cc1cc(C(C)(C)CC(C)(C)C)c(O)c(C)c1COC(=O)CC(CC(C)C)S(=O)(=O)C(CC(=O)OCc1c(C)cc(C(C)(C)CC(C)(C)C)c(O)c1C)CC(C)C. The summed E-state index contributed by atoms with van der Waals surface area (Å²) in [5.74, 6) is -1.00. The van der Waals surface area contributed by atoms with Crippen LogP contribution in [0.25, 0.3) is 0 Å². The highest BCUT2D eigenvalue weighted by atomic mass is 32.2. The maximum absolute atomic E-state index is 14.4. The smallest absolute Gasteiger partial charge is 0.307 e. The summed E-state index contributed by atoms with van der Waals surface area (Å²) in [6.07, 6.45) is 1.48. The highest BCUT2D eigenvalue weighted by Gasteiger charge is 2.39. The molecule has 2 N–H and O–H groups in total. The van der Waals surface area contributed by atoms with Crippen LogP contribution in [-0.2, 0) is 52.9 Å². The lowest BCUT2D eigenvalue weighted by Crippen LogP contribution is -2.37. The molecule has 0 aliphatic carbocycles. The van der Waals surface area contributed by atoms with Crippen LogP contribution in [0.1, 0.15) is 180 Å². The van der Waals surface area contributed by atoms with Crippen molar-refractivity contribution < 1.29 is 37.7 Å². The van der Waals surface area contributed by atoms with Gasteiger partial charge in [-0.15, -0.1) is 0 Å². The van der Waals surface area contributed by atoms with Gasteiger partial charge in [0.05, 0.1) is 23.3 Å². The summed E-state index contributed by atoms with van der Waals surface area (Å²) in [5, 5.41) is 20.5. The van der Waals surface area contributed by atoms with Crippen molar-refractivity contribution in [2.24, 2.45) is 22.7 Å². The number of sulfone groups is 1. The van der Waals surface area contributed by atoms with E-state index in [1.165, 1.54) is 0 Å². The van der Waals surface area contributed by atoms with Crippen molar-refractivity contribution in [3.05, 3.63) is 56.6 Å². The molecular weight excluding hydrogens is 737 g/mol. The largest absolute Gasteiger partial charge is 0.507 e. The number of benzene rings is 2. The number of carbonyl (C=O) groups excluding carboxylic acids is 2. The van der Waals surface area contributed by atoms with Gasteiger partial charge in [-0.05, 0) is 120 Å². The van der Waals surface area contributed by atoms with E-state index in [9.17, 15) is 28.2 Å². The molecule has 0 amide bonds. The monoisotopic (exact) mass is 815 g/mol. The first-order valence-corrected chi connectivity index (χ1v) is 22.5. The van der Waals surface area contributed by atoms with E-state index in [2.05, 4.69) is 69.2 Å². The molecule has 0 spiro atoms. The lowest BCUT2D eigenvalue weighted by atomic mass is 9.71. The first kappa shape index (κ1) is 50.1. The maximum Gasteiger partial charge on any atom is 0.307 e. The molecule has 2 atom stereocenters. The third-order valence-corrected chi connectivity index (χ3v) is 13.7. The van der Waals surface area contributed by atoms with Gasteiger partial charge in [0.25, 0.3) is 0 Å². The Morgan fingerprint density at radius 2 is 0.895 bits per heavy atom. The molecule has 2 aromatic carbocycles. The number of carbonyl (C=O) groups is 2. The minimum absolute atomic E-state index is 0.0374. The first-order valence-electron chi connectivity index (χ1n) is 20.9. The Labute approximate surface area is 346 Å². The van der Waals surface area contributed by atoms with Crippen LogP contribution in [-0.4, -0.2) is 41.1 Å². The Balaban J connectivity index is 2.30. The minimum atomic E-state index is -4.01. The molecule has 324 valence electrons. The van der Waals surface area contributed by atoms with Crippen LogP contribution in [0.2, 0.25) is 0 Å². The van der Waals surface area contributed by atoms with E-state index in [1.54, 1.807) is 0 Å². The van der Waals surface area contributed by atoms with Gasteiger partial charge in [0.2, 0.25) is 0 Å². The molecule has 0 heterocycles. The third-order valence-electron chi connectivity index (χ3n) is 11.1. The molecule has 2 aromatic rings.